The molecule has 1 aliphatic heterocycles. The summed E-state index contributed by atoms with van der Waals surface area (Å²) in [5.41, 5.74) is 1.48. The molecule has 1 saturated heterocycles. The minimum Gasteiger partial charge on any atom is -0.308 e. The van der Waals surface area contributed by atoms with Crippen molar-refractivity contribution in [3.05, 3.63) is 63.9 Å². The maximum atomic E-state index is 13.2. The molecule has 1 N–H and O–H groups in total. The number of rotatable bonds is 2. The molecule has 0 aromatic heterocycles. The molecular formula is C16H13Cl2FN2OS. The monoisotopic (exact) mass is 370 g/mol. The highest BCUT2D eigenvalue weighted by Crippen LogP contribution is 2.38. The molecule has 7 heteroatoms. The van der Waals surface area contributed by atoms with Gasteiger partial charge in [-0.25, -0.2) is 9.18 Å². The van der Waals surface area contributed by atoms with Crippen LogP contribution in [0.1, 0.15) is 10.9 Å². The van der Waals surface area contributed by atoms with Crippen molar-refractivity contribution in [2.24, 2.45) is 0 Å². The Morgan fingerprint density at radius 1 is 1.22 bits per heavy atom. The largest absolute Gasteiger partial charge is 0.323 e. The first-order chi connectivity index (χ1) is 11.0. The lowest BCUT2D eigenvalue weighted by Crippen LogP contribution is -2.34. The number of nitrogens with one attached hydrogen (secondary N) is 1. The van der Waals surface area contributed by atoms with Crippen LogP contribution in [0.4, 0.5) is 14.9 Å². The van der Waals surface area contributed by atoms with Gasteiger partial charge < -0.3 is 10.2 Å². The molecule has 120 valence electrons. The van der Waals surface area contributed by atoms with Crippen LogP contribution in [-0.2, 0) is 0 Å². The predicted molar refractivity (Wildman–Crippen MR) is 93.8 cm³/mol. The Kier molecular flexibility index (Phi) is 4.99. The molecule has 1 fully saturated rings. The van der Waals surface area contributed by atoms with E-state index < -0.39 is 5.82 Å². The number of thioether (sulfide) groups is 1. The van der Waals surface area contributed by atoms with E-state index in [1.165, 1.54) is 18.2 Å². The Bertz CT molecular complexity index is 727. The van der Waals surface area contributed by atoms with Crippen LogP contribution in [0.15, 0.2) is 42.5 Å². The number of carbonyl (C=O) groups excluding carboxylic acids is 1. The fourth-order valence-corrected chi connectivity index (χ4v) is 3.91. The predicted octanol–water partition coefficient (Wildman–Crippen LogP) is 5.41. The summed E-state index contributed by atoms with van der Waals surface area (Å²) in [5.74, 6) is 0.339. The minimum absolute atomic E-state index is 0.0205. The zero-order chi connectivity index (χ0) is 16.4. The second-order valence-electron chi connectivity index (χ2n) is 5.03. The number of benzene rings is 2. The summed E-state index contributed by atoms with van der Waals surface area (Å²) in [5, 5.41) is 3.33. The van der Waals surface area contributed by atoms with E-state index in [4.69, 9.17) is 23.2 Å². The number of hydrogen-bond donors (Lipinski definition) is 1. The molecule has 3 rings (SSSR count). The van der Waals surface area contributed by atoms with Crippen LogP contribution >= 0.6 is 35.0 Å². The molecule has 2 aromatic carbocycles. The van der Waals surface area contributed by atoms with Crippen molar-refractivity contribution in [2.75, 3.05) is 17.6 Å². The molecule has 1 unspecified atom stereocenters. The average Bonchev–Trinajstić information content (AvgIpc) is 3.01. The number of halogens is 3. The number of nitrogens with zero attached hydrogens (tertiary/aromatic N) is 1. The van der Waals surface area contributed by atoms with Gasteiger partial charge in [-0.1, -0.05) is 35.3 Å². The number of carbonyl (C=O) groups is 1. The Morgan fingerprint density at radius 2 is 1.96 bits per heavy atom. The molecule has 0 bridgehead atoms. The highest BCUT2D eigenvalue weighted by Gasteiger charge is 2.30. The first-order valence-corrected chi connectivity index (χ1v) is 8.75. The van der Waals surface area contributed by atoms with Crippen molar-refractivity contribution in [3.63, 3.8) is 0 Å². The van der Waals surface area contributed by atoms with E-state index in [1.54, 1.807) is 16.7 Å². The number of hydrogen-bond acceptors (Lipinski definition) is 2. The fraction of sp³-hybridized carbons (Fsp3) is 0.188. The van der Waals surface area contributed by atoms with Crippen LogP contribution in [-0.4, -0.2) is 23.2 Å². The maximum Gasteiger partial charge on any atom is 0.323 e. The van der Waals surface area contributed by atoms with Crippen LogP contribution in [0.5, 0.6) is 0 Å². The standard InChI is InChI=1S/C16H13Cl2FN2OS/c17-11-3-1-10(2-4-11)15-21(7-8-23-15)16(22)20-12-5-6-14(19)13(18)9-12/h1-6,9,15H,7-8H2,(H,20,22). The van der Waals surface area contributed by atoms with Gasteiger partial charge in [0.1, 0.15) is 11.2 Å². The maximum absolute atomic E-state index is 13.2. The fourth-order valence-electron chi connectivity index (χ4n) is 2.35. The Hall–Kier alpha value is -1.43. The van der Waals surface area contributed by atoms with Gasteiger partial charge in [-0.3, -0.25) is 0 Å². The van der Waals surface area contributed by atoms with Gasteiger partial charge in [-0.15, -0.1) is 11.8 Å². The summed E-state index contributed by atoms with van der Waals surface area (Å²) in [6, 6.07) is 11.3. The van der Waals surface area contributed by atoms with E-state index in [0.29, 0.717) is 17.3 Å². The third kappa shape index (κ3) is 3.74. The molecule has 0 spiro atoms. The molecule has 1 aliphatic rings. The van der Waals surface area contributed by atoms with Crippen LogP contribution in [0, 0.1) is 5.82 Å². The summed E-state index contributed by atoms with van der Waals surface area (Å²) in [6.45, 7) is 0.638. The van der Waals surface area contributed by atoms with E-state index in [2.05, 4.69) is 5.32 Å². The third-order valence-corrected chi connectivity index (χ3v) is 5.28. The van der Waals surface area contributed by atoms with Gasteiger partial charge in [0.2, 0.25) is 0 Å². The highest BCUT2D eigenvalue weighted by molar-refractivity contribution is 7.99. The lowest BCUT2D eigenvalue weighted by molar-refractivity contribution is 0.214. The number of urea groups is 1. The van der Waals surface area contributed by atoms with Crippen molar-refractivity contribution in [3.8, 4) is 0 Å². The van der Waals surface area contributed by atoms with Crippen LogP contribution in [0.2, 0.25) is 10.0 Å². The SMILES string of the molecule is O=C(Nc1ccc(F)c(Cl)c1)N1CCSC1c1ccc(Cl)cc1. The van der Waals surface area contributed by atoms with E-state index in [9.17, 15) is 9.18 Å². The van der Waals surface area contributed by atoms with E-state index in [1.807, 2.05) is 24.3 Å². The van der Waals surface area contributed by atoms with Crippen molar-refractivity contribution >= 4 is 46.7 Å². The quantitative estimate of drug-likeness (QED) is 0.765. The Morgan fingerprint density at radius 3 is 2.65 bits per heavy atom. The molecule has 23 heavy (non-hydrogen) atoms. The molecule has 2 aromatic rings. The van der Waals surface area contributed by atoms with Crippen LogP contribution in [0.3, 0.4) is 0 Å². The second-order valence-corrected chi connectivity index (χ2v) is 7.06. The molecule has 1 atom stereocenters. The third-order valence-electron chi connectivity index (χ3n) is 3.48. The van der Waals surface area contributed by atoms with Crippen molar-refractivity contribution in [1.82, 2.24) is 4.90 Å². The normalized spacial score (nSPS) is 17.3. The molecule has 0 saturated carbocycles. The Balaban J connectivity index is 1.75. The molecule has 0 aliphatic carbocycles. The second kappa shape index (κ2) is 6.99. The van der Waals surface area contributed by atoms with E-state index in [-0.39, 0.29) is 16.4 Å². The molecule has 1 heterocycles. The molecule has 3 nitrogen and oxygen atoms in total. The minimum atomic E-state index is -0.513. The highest BCUT2D eigenvalue weighted by atomic mass is 35.5. The van der Waals surface area contributed by atoms with Crippen molar-refractivity contribution in [2.45, 2.75) is 5.37 Å². The molecule has 2 amide bonds. The number of amides is 2. The summed E-state index contributed by atoms with van der Waals surface area (Å²) >= 11 is 13.3. The van der Waals surface area contributed by atoms with Crippen LogP contribution < -0.4 is 5.32 Å². The lowest BCUT2D eigenvalue weighted by atomic mass is 10.2. The lowest BCUT2D eigenvalue weighted by Gasteiger charge is -2.24. The summed E-state index contributed by atoms with van der Waals surface area (Å²) in [7, 11) is 0. The van der Waals surface area contributed by atoms with Gasteiger partial charge in [0, 0.05) is 23.0 Å². The first-order valence-electron chi connectivity index (χ1n) is 6.94. The smallest absolute Gasteiger partial charge is 0.308 e. The van der Waals surface area contributed by atoms with Crippen molar-refractivity contribution < 1.29 is 9.18 Å². The number of anilines is 1. The van der Waals surface area contributed by atoms with Crippen molar-refractivity contribution in [1.29, 1.82) is 0 Å². The summed E-state index contributed by atoms with van der Waals surface area (Å²) < 4.78 is 13.2. The van der Waals surface area contributed by atoms with Gasteiger partial charge in [0.05, 0.1) is 5.02 Å². The summed E-state index contributed by atoms with van der Waals surface area (Å²) in [4.78, 5) is 14.2. The molecule has 0 radical (unpaired) electrons. The average molecular weight is 371 g/mol. The van der Waals surface area contributed by atoms with Crippen LogP contribution in [0.25, 0.3) is 0 Å². The molecular weight excluding hydrogens is 358 g/mol. The van der Waals surface area contributed by atoms with Gasteiger partial charge in [-0.2, -0.15) is 0 Å². The van der Waals surface area contributed by atoms with Gasteiger partial charge in [-0.05, 0) is 35.9 Å². The van der Waals surface area contributed by atoms with E-state index >= 15 is 0 Å². The Labute approximate surface area is 147 Å². The first kappa shape index (κ1) is 16.4. The van der Waals surface area contributed by atoms with Gasteiger partial charge in [0.15, 0.2) is 0 Å². The zero-order valence-electron chi connectivity index (χ0n) is 11.9. The summed E-state index contributed by atoms with van der Waals surface area (Å²) in [6.07, 6.45) is 0. The zero-order valence-corrected chi connectivity index (χ0v) is 14.3. The van der Waals surface area contributed by atoms with Gasteiger partial charge in [0.25, 0.3) is 0 Å². The topological polar surface area (TPSA) is 32.3 Å². The van der Waals surface area contributed by atoms with Gasteiger partial charge >= 0.3 is 6.03 Å². The van der Waals surface area contributed by atoms with E-state index in [0.717, 1.165) is 11.3 Å².